The normalized spacial score (nSPS) is 19.4. The van der Waals surface area contributed by atoms with E-state index in [0.29, 0.717) is 26.1 Å². The Labute approximate surface area is 197 Å². The third kappa shape index (κ3) is 3.39. The van der Waals surface area contributed by atoms with Gasteiger partial charge in [-0.2, -0.15) is 0 Å². The van der Waals surface area contributed by atoms with Crippen molar-refractivity contribution in [3.8, 4) is 5.75 Å². The molecule has 8 heteroatoms. The Hall–Kier alpha value is -2.97. The number of aromatic nitrogens is 1. The summed E-state index contributed by atoms with van der Waals surface area (Å²) in [4.78, 5) is 16.3. The number of ether oxygens (including phenoxy) is 1. The summed E-state index contributed by atoms with van der Waals surface area (Å²) in [6.45, 7) is 3.47. The molecule has 3 heterocycles. The van der Waals surface area contributed by atoms with Gasteiger partial charge in [-0.05, 0) is 35.9 Å². The third-order valence-corrected chi connectivity index (χ3v) is 7.44. The van der Waals surface area contributed by atoms with Crippen LogP contribution in [0.4, 0.5) is 8.78 Å². The second kappa shape index (κ2) is 8.36. The highest BCUT2D eigenvalue weighted by Gasteiger charge is 2.54. The smallest absolute Gasteiger partial charge is 0.222 e. The van der Waals surface area contributed by atoms with Gasteiger partial charge in [0.1, 0.15) is 17.4 Å². The van der Waals surface area contributed by atoms with Crippen molar-refractivity contribution < 1.29 is 23.4 Å². The molecule has 0 radical (unpaired) electrons. The molecule has 6 nitrogen and oxygen atoms in total. The molecule has 0 saturated carbocycles. The Morgan fingerprint density at radius 3 is 2.62 bits per heavy atom. The van der Waals surface area contributed by atoms with Crippen molar-refractivity contribution in [3.05, 3.63) is 64.9 Å². The van der Waals surface area contributed by atoms with Crippen LogP contribution in [-0.2, 0) is 23.8 Å². The van der Waals surface area contributed by atoms with Crippen LogP contribution in [0.5, 0.6) is 5.75 Å². The minimum absolute atomic E-state index is 0.0982. The molecule has 2 aliphatic rings. The summed E-state index contributed by atoms with van der Waals surface area (Å²) in [7, 11) is 3.58. The first-order chi connectivity index (χ1) is 16.3. The van der Waals surface area contributed by atoms with E-state index in [1.807, 2.05) is 42.0 Å². The molecule has 2 aliphatic heterocycles. The number of benzene rings is 2. The van der Waals surface area contributed by atoms with Crippen LogP contribution in [0.2, 0.25) is 0 Å². The highest BCUT2D eigenvalue weighted by Crippen LogP contribution is 2.50. The first-order valence-corrected chi connectivity index (χ1v) is 11.5. The second-order valence-electron chi connectivity index (χ2n) is 9.43. The Bertz CT molecular complexity index is 1270. The molecule has 1 amide bonds. The highest BCUT2D eigenvalue weighted by molar-refractivity contribution is 5.89. The first kappa shape index (κ1) is 22.8. The van der Waals surface area contributed by atoms with E-state index >= 15 is 0 Å². The number of carbonyl (C=O) groups excluding carboxylic acids is 1. The van der Waals surface area contributed by atoms with Gasteiger partial charge in [0.25, 0.3) is 0 Å². The van der Waals surface area contributed by atoms with E-state index < -0.39 is 17.7 Å². The maximum Gasteiger partial charge on any atom is 0.222 e. The molecule has 0 aliphatic carbocycles. The van der Waals surface area contributed by atoms with Crippen molar-refractivity contribution in [2.45, 2.75) is 31.3 Å². The fourth-order valence-electron chi connectivity index (χ4n) is 5.85. The third-order valence-electron chi connectivity index (χ3n) is 7.44. The van der Waals surface area contributed by atoms with Gasteiger partial charge in [0.2, 0.25) is 5.91 Å². The van der Waals surface area contributed by atoms with E-state index in [-0.39, 0.29) is 30.0 Å². The van der Waals surface area contributed by atoms with Crippen molar-refractivity contribution in [1.82, 2.24) is 14.4 Å². The molecule has 2 aromatic carbocycles. The van der Waals surface area contributed by atoms with Crippen LogP contribution in [0, 0.1) is 11.6 Å². The molecule has 1 N–H and O–H groups in total. The fraction of sp³-hybridized carbons (Fsp3) is 0.423. The summed E-state index contributed by atoms with van der Waals surface area (Å²) in [5, 5.41) is 11.6. The van der Waals surface area contributed by atoms with Gasteiger partial charge < -0.3 is 19.3 Å². The molecule has 1 aromatic heterocycles. The van der Waals surface area contributed by atoms with Crippen LogP contribution < -0.4 is 4.74 Å². The molecule has 34 heavy (non-hydrogen) atoms. The van der Waals surface area contributed by atoms with Gasteiger partial charge in [0.15, 0.2) is 0 Å². The van der Waals surface area contributed by atoms with Crippen LogP contribution in [0.3, 0.4) is 0 Å². The fourth-order valence-corrected chi connectivity index (χ4v) is 5.85. The number of rotatable bonds is 5. The quantitative estimate of drug-likeness (QED) is 0.622. The van der Waals surface area contributed by atoms with E-state index in [1.165, 1.54) is 6.07 Å². The number of likely N-dealkylation sites (tertiary alicyclic amines) is 1. The lowest BCUT2D eigenvalue weighted by Crippen LogP contribution is -2.67. The van der Waals surface area contributed by atoms with E-state index in [0.717, 1.165) is 40.0 Å². The van der Waals surface area contributed by atoms with Crippen molar-refractivity contribution in [1.29, 1.82) is 0 Å². The summed E-state index contributed by atoms with van der Waals surface area (Å²) in [5.41, 5.74) is 2.93. The molecule has 5 rings (SSSR count). The molecule has 1 atom stereocenters. The SMILES string of the molecule is CCC(=O)N1CC2(C1)CN(Cc1cc(F)ccc1F)[C@H](CO)c1c2c2ccc(OC)cc2n1C. The average Bonchev–Trinajstić information content (AvgIpc) is 3.11. The predicted octanol–water partition coefficient (Wildman–Crippen LogP) is 3.50. The van der Waals surface area contributed by atoms with Crippen LogP contribution in [0.1, 0.15) is 36.2 Å². The van der Waals surface area contributed by atoms with Gasteiger partial charge in [0, 0.05) is 67.8 Å². The number of aliphatic hydroxyl groups is 1. The van der Waals surface area contributed by atoms with Gasteiger partial charge in [-0.1, -0.05) is 6.92 Å². The average molecular weight is 470 g/mol. The van der Waals surface area contributed by atoms with Crippen molar-refractivity contribution >= 4 is 16.8 Å². The van der Waals surface area contributed by atoms with Crippen LogP contribution in [0.15, 0.2) is 36.4 Å². The Balaban J connectivity index is 1.65. The minimum atomic E-state index is -0.496. The number of halogens is 2. The van der Waals surface area contributed by atoms with E-state index in [4.69, 9.17) is 4.74 Å². The summed E-state index contributed by atoms with van der Waals surface area (Å²) in [6.07, 6.45) is 0.438. The standard InChI is InChI=1S/C26H29F2N3O3/c1-4-23(33)31-14-26(15-31)13-30(11-16-9-17(27)5-8-20(16)28)22(12-32)25-24(26)19-7-6-18(34-3)10-21(19)29(25)2/h5-10,22,32H,4,11-15H2,1-3H3/t22-/m1/s1. The molecule has 180 valence electrons. The van der Waals surface area contributed by atoms with E-state index in [1.54, 1.807) is 7.11 Å². The summed E-state index contributed by atoms with van der Waals surface area (Å²) >= 11 is 0. The maximum absolute atomic E-state index is 14.6. The molecule has 1 spiro atoms. The van der Waals surface area contributed by atoms with E-state index in [2.05, 4.69) is 4.57 Å². The number of fused-ring (bicyclic) bond motifs is 4. The Morgan fingerprint density at radius 2 is 1.94 bits per heavy atom. The zero-order chi connectivity index (χ0) is 24.2. The second-order valence-corrected chi connectivity index (χ2v) is 9.43. The summed E-state index contributed by atoms with van der Waals surface area (Å²) < 4.78 is 36.0. The maximum atomic E-state index is 14.6. The lowest BCUT2D eigenvalue weighted by atomic mass is 9.68. The number of aryl methyl sites for hydroxylation is 1. The largest absolute Gasteiger partial charge is 0.497 e. The highest BCUT2D eigenvalue weighted by atomic mass is 19.1. The first-order valence-electron chi connectivity index (χ1n) is 11.5. The Morgan fingerprint density at radius 1 is 1.18 bits per heavy atom. The van der Waals surface area contributed by atoms with Crippen LogP contribution >= 0.6 is 0 Å². The van der Waals surface area contributed by atoms with Crippen molar-refractivity contribution in [2.75, 3.05) is 33.4 Å². The number of methoxy groups -OCH3 is 1. The van der Waals surface area contributed by atoms with Gasteiger partial charge >= 0.3 is 0 Å². The zero-order valence-electron chi connectivity index (χ0n) is 19.6. The molecular formula is C26H29F2N3O3. The number of amides is 1. The lowest BCUT2D eigenvalue weighted by molar-refractivity contribution is -0.140. The molecule has 3 aromatic rings. The number of nitrogens with zero attached hydrogens (tertiary/aromatic N) is 3. The van der Waals surface area contributed by atoms with Gasteiger partial charge in [0.05, 0.1) is 25.3 Å². The van der Waals surface area contributed by atoms with Gasteiger partial charge in [-0.15, -0.1) is 0 Å². The summed E-state index contributed by atoms with van der Waals surface area (Å²) in [6, 6.07) is 8.99. The number of hydrogen-bond acceptors (Lipinski definition) is 4. The number of hydrogen-bond donors (Lipinski definition) is 1. The molecular weight excluding hydrogens is 440 g/mol. The minimum Gasteiger partial charge on any atom is -0.497 e. The number of carbonyl (C=O) groups is 1. The van der Waals surface area contributed by atoms with Crippen LogP contribution in [0.25, 0.3) is 10.9 Å². The monoisotopic (exact) mass is 469 g/mol. The zero-order valence-corrected chi connectivity index (χ0v) is 19.6. The summed E-state index contributed by atoms with van der Waals surface area (Å²) in [5.74, 6) is -0.142. The van der Waals surface area contributed by atoms with Crippen molar-refractivity contribution in [2.24, 2.45) is 7.05 Å². The van der Waals surface area contributed by atoms with E-state index in [9.17, 15) is 18.7 Å². The van der Waals surface area contributed by atoms with Gasteiger partial charge in [-0.3, -0.25) is 9.69 Å². The van der Waals surface area contributed by atoms with Crippen LogP contribution in [-0.4, -0.2) is 58.7 Å². The van der Waals surface area contributed by atoms with Crippen molar-refractivity contribution in [3.63, 3.8) is 0 Å². The molecule has 0 unspecified atom stereocenters. The lowest BCUT2D eigenvalue weighted by Gasteiger charge is -2.56. The molecule has 1 fully saturated rings. The molecule has 1 saturated heterocycles. The topological polar surface area (TPSA) is 57.9 Å². The van der Waals surface area contributed by atoms with Gasteiger partial charge in [-0.25, -0.2) is 8.78 Å². The number of aliphatic hydroxyl groups excluding tert-OH is 1. The predicted molar refractivity (Wildman–Crippen MR) is 125 cm³/mol. The molecule has 0 bridgehead atoms. The Kier molecular flexibility index (Phi) is 5.61.